The Kier molecular flexibility index (Phi) is 5.55. The van der Waals surface area contributed by atoms with E-state index in [4.69, 9.17) is 4.42 Å². The predicted octanol–water partition coefficient (Wildman–Crippen LogP) is 2.22. The molecule has 2 N–H and O–H groups in total. The number of anilines is 1. The van der Waals surface area contributed by atoms with Gasteiger partial charge in [0.1, 0.15) is 0 Å². The molecule has 0 spiro atoms. The van der Waals surface area contributed by atoms with Crippen molar-refractivity contribution in [2.24, 2.45) is 0 Å². The maximum Gasteiger partial charge on any atom is 0.261 e. The van der Waals surface area contributed by atoms with Crippen molar-refractivity contribution in [1.29, 1.82) is 0 Å². The Labute approximate surface area is 163 Å². The molecule has 1 fully saturated rings. The van der Waals surface area contributed by atoms with Crippen LogP contribution in [0.25, 0.3) is 0 Å². The van der Waals surface area contributed by atoms with E-state index >= 15 is 0 Å². The average Bonchev–Trinajstić information content (AvgIpc) is 3.44. The van der Waals surface area contributed by atoms with Gasteiger partial charge in [0.2, 0.25) is 0 Å². The van der Waals surface area contributed by atoms with E-state index in [0.717, 1.165) is 36.8 Å². The van der Waals surface area contributed by atoms with E-state index < -0.39 is 0 Å². The summed E-state index contributed by atoms with van der Waals surface area (Å²) in [5, 5.41) is 5.01. The van der Waals surface area contributed by atoms with Gasteiger partial charge in [0.15, 0.2) is 11.8 Å². The monoisotopic (exact) mass is 382 g/mol. The number of rotatable bonds is 6. The highest BCUT2D eigenvalue weighted by atomic mass is 32.1. The fourth-order valence-electron chi connectivity index (χ4n) is 3.66. The van der Waals surface area contributed by atoms with E-state index in [1.54, 1.807) is 6.26 Å². The first-order chi connectivity index (χ1) is 13.3. The molecule has 1 amide bonds. The number of para-hydroxylation sites is 1. The topological polar surface area (TPSA) is 49.9 Å². The molecule has 1 saturated heterocycles. The third-order valence-corrected chi connectivity index (χ3v) is 5.99. The highest BCUT2D eigenvalue weighted by Crippen LogP contribution is 2.15. The Morgan fingerprint density at radius 1 is 1.11 bits per heavy atom. The Hall–Kier alpha value is -2.57. The number of piperazine rings is 1. The van der Waals surface area contributed by atoms with E-state index in [9.17, 15) is 4.79 Å². The van der Waals surface area contributed by atoms with Crippen molar-refractivity contribution in [3.05, 3.63) is 76.9 Å². The first kappa shape index (κ1) is 17.8. The Balaban J connectivity index is 1.40. The fraction of sp³-hybridized carbons (Fsp3) is 0.286. The lowest BCUT2D eigenvalue weighted by Crippen LogP contribution is -3.15. The van der Waals surface area contributed by atoms with E-state index in [2.05, 4.69) is 34.5 Å². The summed E-state index contributed by atoms with van der Waals surface area (Å²) in [6.07, 6.45) is 1.71. The van der Waals surface area contributed by atoms with E-state index in [0.29, 0.717) is 6.54 Å². The van der Waals surface area contributed by atoms with Gasteiger partial charge in [-0.05, 0) is 35.7 Å². The molecule has 27 heavy (non-hydrogen) atoms. The van der Waals surface area contributed by atoms with Crippen molar-refractivity contribution in [1.82, 2.24) is 5.32 Å². The van der Waals surface area contributed by atoms with Crippen molar-refractivity contribution in [3.63, 3.8) is 0 Å². The van der Waals surface area contributed by atoms with Crippen LogP contribution in [0.1, 0.15) is 21.5 Å². The summed E-state index contributed by atoms with van der Waals surface area (Å²) >= 11 is 1.46. The normalized spacial score (nSPS) is 16.2. The number of amides is 1. The van der Waals surface area contributed by atoms with Gasteiger partial charge in [0.25, 0.3) is 5.91 Å². The van der Waals surface area contributed by atoms with Gasteiger partial charge < -0.3 is 19.5 Å². The summed E-state index contributed by atoms with van der Waals surface area (Å²) in [4.78, 5) is 17.0. The van der Waals surface area contributed by atoms with Gasteiger partial charge in [-0.25, -0.2) is 0 Å². The van der Waals surface area contributed by atoms with Crippen molar-refractivity contribution >= 4 is 22.9 Å². The second-order valence-electron chi connectivity index (χ2n) is 6.74. The number of carbonyl (C=O) groups is 1. The maximum absolute atomic E-state index is 12.4. The van der Waals surface area contributed by atoms with Crippen LogP contribution in [0, 0.1) is 0 Å². The Morgan fingerprint density at radius 2 is 1.93 bits per heavy atom. The highest BCUT2D eigenvalue weighted by molar-refractivity contribution is 7.12. The van der Waals surface area contributed by atoms with Gasteiger partial charge in [-0.3, -0.25) is 4.79 Å². The molecule has 4 rings (SSSR count). The molecule has 0 aliphatic carbocycles. The smallest absolute Gasteiger partial charge is 0.261 e. The van der Waals surface area contributed by atoms with Crippen LogP contribution in [-0.2, 0) is 0 Å². The zero-order valence-electron chi connectivity index (χ0n) is 15.1. The van der Waals surface area contributed by atoms with Crippen molar-refractivity contribution < 1.29 is 14.1 Å². The average molecular weight is 383 g/mol. The SMILES string of the molecule is O=C(NC[C@H](c1ccco1)[NH+]1CCN(c2ccccc2)CC1)c1cccs1. The minimum Gasteiger partial charge on any atom is -0.463 e. The van der Waals surface area contributed by atoms with Gasteiger partial charge in [-0.15, -0.1) is 11.3 Å². The summed E-state index contributed by atoms with van der Waals surface area (Å²) in [6, 6.07) is 18.4. The number of carbonyl (C=O) groups excluding carboxylic acids is 1. The van der Waals surface area contributed by atoms with E-state index in [1.807, 2.05) is 35.7 Å². The van der Waals surface area contributed by atoms with Crippen LogP contribution in [0.15, 0.2) is 70.7 Å². The minimum absolute atomic E-state index is 0.0103. The zero-order chi connectivity index (χ0) is 18.5. The zero-order valence-corrected chi connectivity index (χ0v) is 16.0. The lowest BCUT2D eigenvalue weighted by atomic mass is 10.1. The molecule has 2 aromatic heterocycles. The van der Waals surface area contributed by atoms with Crippen molar-refractivity contribution in [2.45, 2.75) is 6.04 Å². The summed E-state index contributed by atoms with van der Waals surface area (Å²) in [5.41, 5.74) is 1.28. The molecule has 0 saturated carbocycles. The predicted molar refractivity (Wildman–Crippen MR) is 107 cm³/mol. The van der Waals surface area contributed by atoms with Crippen LogP contribution in [0.3, 0.4) is 0 Å². The molecular formula is C21H24N3O2S+. The van der Waals surface area contributed by atoms with Crippen LogP contribution in [-0.4, -0.2) is 38.6 Å². The largest absolute Gasteiger partial charge is 0.463 e. The number of furan rings is 1. The van der Waals surface area contributed by atoms with Gasteiger partial charge in [0.05, 0.1) is 43.9 Å². The van der Waals surface area contributed by atoms with Gasteiger partial charge >= 0.3 is 0 Å². The summed E-state index contributed by atoms with van der Waals surface area (Å²) in [5.74, 6) is 0.925. The fourth-order valence-corrected chi connectivity index (χ4v) is 4.30. The molecule has 0 bridgehead atoms. The molecule has 0 radical (unpaired) electrons. The standard InChI is InChI=1S/C21H23N3O2S/c25-21(20-9-5-15-27-20)22-16-18(19-8-4-14-26-19)24-12-10-23(11-13-24)17-6-2-1-3-7-17/h1-9,14-15,18H,10-13,16H2,(H,22,25)/p+1/t18-/m1/s1. The number of hydrogen-bond donors (Lipinski definition) is 2. The van der Waals surface area contributed by atoms with Crippen LogP contribution in [0.4, 0.5) is 5.69 Å². The van der Waals surface area contributed by atoms with Crippen LogP contribution in [0.2, 0.25) is 0 Å². The summed E-state index contributed by atoms with van der Waals surface area (Å²) in [7, 11) is 0. The first-order valence-corrected chi connectivity index (χ1v) is 10.2. The molecule has 1 aliphatic rings. The molecule has 6 heteroatoms. The molecule has 3 aromatic rings. The number of hydrogen-bond acceptors (Lipinski definition) is 4. The number of quaternary nitrogens is 1. The molecule has 140 valence electrons. The molecule has 1 aromatic carbocycles. The maximum atomic E-state index is 12.4. The molecule has 3 heterocycles. The molecular weight excluding hydrogens is 358 g/mol. The Morgan fingerprint density at radius 3 is 2.59 bits per heavy atom. The number of nitrogens with zero attached hydrogens (tertiary/aromatic N) is 1. The molecule has 5 nitrogen and oxygen atoms in total. The van der Waals surface area contributed by atoms with Crippen LogP contribution in [0.5, 0.6) is 0 Å². The lowest BCUT2D eigenvalue weighted by Gasteiger charge is -2.37. The first-order valence-electron chi connectivity index (χ1n) is 9.31. The molecule has 0 unspecified atom stereocenters. The summed E-state index contributed by atoms with van der Waals surface area (Å²) < 4.78 is 5.70. The third kappa shape index (κ3) is 4.23. The number of thiophene rings is 1. The van der Waals surface area contributed by atoms with Gasteiger partial charge in [-0.2, -0.15) is 0 Å². The minimum atomic E-state index is -0.0103. The van der Waals surface area contributed by atoms with Crippen molar-refractivity contribution in [3.8, 4) is 0 Å². The molecule has 1 atom stereocenters. The number of benzene rings is 1. The second-order valence-corrected chi connectivity index (χ2v) is 7.68. The van der Waals surface area contributed by atoms with Crippen LogP contribution >= 0.6 is 11.3 Å². The van der Waals surface area contributed by atoms with Gasteiger partial charge in [-0.1, -0.05) is 24.3 Å². The Bertz CT molecular complexity index is 826. The van der Waals surface area contributed by atoms with E-state index in [1.165, 1.54) is 21.9 Å². The quantitative estimate of drug-likeness (QED) is 0.687. The summed E-state index contributed by atoms with van der Waals surface area (Å²) in [6.45, 7) is 4.58. The number of nitrogens with one attached hydrogen (secondary N) is 2. The molecule has 1 aliphatic heterocycles. The van der Waals surface area contributed by atoms with Crippen molar-refractivity contribution in [2.75, 3.05) is 37.6 Å². The van der Waals surface area contributed by atoms with Crippen LogP contribution < -0.4 is 15.1 Å². The van der Waals surface area contributed by atoms with E-state index in [-0.39, 0.29) is 11.9 Å². The van der Waals surface area contributed by atoms with Gasteiger partial charge in [0, 0.05) is 5.69 Å². The highest BCUT2D eigenvalue weighted by Gasteiger charge is 2.31. The second kappa shape index (κ2) is 8.41. The third-order valence-electron chi connectivity index (χ3n) is 5.12. The lowest BCUT2D eigenvalue weighted by molar-refractivity contribution is -0.932.